The van der Waals surface area contributed by atoms with Gasteiger partial charge in [0.15, 0.2) is 0 Å². The predicted molar refractivity (Wildman–Crippen MR) is 117 cm³/mol. The third kappa shape index (κ3) is 4.03. The van der Waals surface area contributed by atoms with Crippen molar-refractivity contribution in [3.05, 3.63) is 107 Å². The Morgan fingerprint density at radius 3 is 2.38 bits per heavy atom. The Morgan fingerprint density at radius 1 is 0.966 bits per heavy atom. The van der Waals surface area contributed by atoms with E-state index >= 15 is 0 Å². The van der Waals surface area contributed by atoms with Crippen LogP contribution in [0.2, 0.25) is 5.15 Å². The molecule has 0 unspecified atom stereocenters. The van der Waals surface area contributed by atoms with E-state index in [1.807, 2.05) is 73.7 Å². The first kappa shape index (κ1) is 19.2. The fraction of sp³-hybridized carbons (Fsp3) is 0.0455. The molecule has 1 aromatic heterocycles. The maximum Gasteiger partial charge on any atom is 0.678 e. The molecule has 0 radical (unpaired) electrons. The van der Waals surface area contributed by atoms with E-state index in [9.17, 15) is 8.63 Å². The topological polar surface area (TPSA) is 29.3 Å². The van der Waals surface area contributed by atoms with Crippen molar-refractivity contribution in [2.45, 2.75) is 6.92 Å². The lowest BCUT2D eigenvalue weighted by Crippen LogP contribution is -2.16. The highest BCUT2D eigenvalue weighted by atomic mass is 35.5. The van der Waals surface area contributed by atoms with Gasteiger partial charge in [-0.2, -0.15) is 0 Å². The molecule has 29 heavy (non-hydrogen) atoms. The summed E-state index contributed by atoms with van der Waals surface area (Å²) in [7, 11) is -2.76. The molecule has 1 N–H and O–H groups in total. The summed E-state index contributed by atoms with van der Waals surface area (Å²) in [5.74, 6) is 0.636. The molecule has 1 aliphatic rings. The number of nitrogens with one attached hydrogen (secondary N) is 1. The predicted octanol–water partition coefficient (Wildman–Crippen LogP) is 6.06. The highest BCUT2D eigenvalue weighted by molar-refractivity contribution is 6.45. The highest BCUT2D eigenvalue weighted by Gasteiger charge is 2.27. The minimum Gasteiger partial charge on any atom is -0.340 e. The second kappa shape index (κ2) is 8.09. The fourth-order valence-electron chi connectivity index (χ4n) is 3.21. The fourth-order valence-corrected chi connectivity index (χ4v) is 3.44. The van der Waals surface area contributed by atoms with Crippen LogP contribution < -0.4 is 5.32 Å². The largest absolute Gasteiger partial charge is 0.678 e. The Kier molecular flexibility index (Phi) is 5.36. The number of para-hydroxylation sites is 1. The van der Waals surface area contributed by atoms with Crippen molar-refractivity contribution >= 4 is 36.1 Å². The Hall–Kier alpha value is -3.12. The molecule has 1 aliphatic heterocycles. The Labute approximate surface area is 173 Å². The van der Waals surface area contributed by atoms with Crippen molar-refractivity contribution < 1.29 is 8.63 Å². The number of hydrogen-bond acceptors (Lipinski definition) is 2. The van der Waals surface area contributed by atoms with E-state index in [4.69, 9.17) is 11.6 Å². The summed E-state index contributed by atoms with van der Waals surface area (Å²) in [6.07, 6.45) is 3.64. The van der Waals surface area contributed by atoms with Gasteiger partial charge in [0.1, 0.15) is 11.0 Å². The van der Waals surface area contributed by atoms with Crippen molar-refractivity contribution in [1.29, 1.82) is 0 Å². The van der Waals surface area contributed by atoms with Gasteiger partial charge in [0.25, 0.3) is 0 Å². The lowest BCUT2D eigenvalue weighted by Gasteiger charge is -2.14. The van der Waals surface area contributed by atoms with E-state index in [-0.39, 0.29) is 5.15 Å². The maximum absolute atomic E-state index is 13.7. The van der Waals surface area contributed by atoms with Gasteiger partial charge in [0, 0.05) is 17.0 Å². The molecule has 0 saturated carbocycles. The van der Waals surface area contributed by atoms with E-state index in [1.165, 1.54) is 6.07 Å². The summed E-state index contributed by atoms with van der Waals surface area (Å²) in [6.45, 7) is 1.98. The van der Waals surface area contributed by atoms with Crippen LogP contribution in [0.3, 0.4) is 0 Å². The normalized spacial score (nSPS) is 14.7. The second-order valence-corrected chi connectivity index (χ2v) is 7.02. The molecule has 144 valence electrons. The first-order valence-electron chi connectivity index (χ1n) is 9.08. The van der Waals surface area contributed by atoms with Crippen LogP contribution in [0.1, 0.15) is 16.8 Å². The van der Waals surface area contributed by atoms with Crippen LogP contribution in [0, 0.1) is 6.92 Å². The lowest BCUT2D eigenvalue weighted by molar-refractivity contribution is 0.628. The van der Waals surface area contributed by atoms with E-state index in [0.29, 0.717) is 22.8 Å². The molecule has 3 aromatic rings. The van der Waals surface area contributed by atoms with Crippen molar-refractivity contribution in [3.8, 4) is 0 Å². The van der Waals surface area contributed by atoms with Gasteiger partial charge in [-0.3, -0.25) is 8.63 Å². The third-order valence-corrected chi connectivity index (χ3v) is 4.91. The summed E-state index contributed by atoms with van der Waals surface area (Å²) in [5.41, 5.74) is 4.27. The van der Waals surface area contributed by atoms with Gasteiger partial charge in [-0.15, -0.1) is 0 Å². The number of halogens is 3. The first-order valence-corrected chi connectivity index (χ1v) is 9.46. The molecule has 2 aromatic carbocycles. The molecule has 2 heterocycles. The van der Waals surface area contributed by atoms with Gasteiger partial charge in [0.2, 0.25) is 0 Å². The van der Waals surface area contributed by atoms with Crippen molar-refractivity contribution in [2.75, 3.05) is 5.32 Å². The molecular formula is C22H17BClF2N3. The zero-order valence-electron chi connectivity index (χ0n) is 15.6. The Bertz CT molecular complexity index is 1120. The van der Waals surface area contributed by atoms with Gasteiger partial charge < -0.3 is 9.79 Å². The van der Waals surface area contributed by atoms with E-state index in [2.05, 4.69) is 10.3 Å². The summed E-state index contributed by atoms with van der Waals surface area (Å²) >= 11 is 6.03. The molecule has 0 bridgehead atoms. The van der Waals surface area contributed by atoms with Crippen LogP contribution in [0.5, 0.6) is 0 Å². The van der Waals surface area contributed by atoms with E-state index in [1.54, 1.807) is 6.07 Å². The van der Waals surface area contributed by atoms with Crippen molar-refractivity contribution in [1.82, 2.24) is 4.48 Å². The zero-order valence-corrected chi connectivity index (χ0v) is 16.4. The molecule has 4 rings (SSSR count). The Morgan fingerprint density at radius 2 is 1.69 bits per heavy atom. The average molecular weight is 408 g/mol. The Balaban J connectivity index is 1.83. The standard InChI is InChI=1S/C22H17BClF2N3/c1-15-7-9-16(10-8-15)22(19-12-13-20(24)29(19)23(25)26)18-11-14-21(28-18)27-17-5-3-2-4-6-17/h2-14H,1H3,(H,27,28)/b22-18-. The quantitative estimate of drug-likeness (QED) is 0.523. The number of anilines is 1. The van der Waals surface area contributed by atoms with E-state index in [0.717, 1.165) is 21.3 Å². The van der Waals surface area contributed by atoms with Gasteiger partial charge in [-0.05, 0) is 48.9 Å². The van der Waals surface area contributed by atoms with Crippen molar-refractivity contribution in [3.63, 3.8) is 0 Å². The zero-order chi connectivity index (χ0) is 20.4. The SMILES string of the molecule is Cc1ccc(/C(=C2\C=CC(Nc3ccccc3)=N2)c2ccc(Cl)n2B(F)F)cc1. The monoisotopic (exact) mass is 407 g/mol. The average Bonchev–Trinajstić information content (AvgIpc) is 3.31. The van der Waals surface area contributed by atoms with E-state index < -0.39 is 7.40 Å². The maximum atomic E-state index is 13.7. The van der Waals surface area contributed by atoms with Crippen LogP contribution in [0.25, 0.3) is 5.57 Å². The molecule has 0 aliphatic carbocycles. The number of hydrogen-bond donors (Lipinski definition) is 1. The number of aliphatic imine (C=N–C) groups is 1. The number of nitrogens with zero attached hydrogens (tertiary/aromatic N) is 2. The summed E-state index contributed by atoms with van der Waals surface area (Å²) in [5, 5.41) is 3.21. The van der Waals surface area contributed by atoms with Gasteiger partial charge in [0.05, 0.1) is 5.70 Å². The van der Waals surface area contributed by atoms with Gasteiger partial charge in [-0.1, -0.05) is 59.6 Å². The van der Waals surface area contributed by atoms with Crippen LogP contribution in [-0.4, -0.2) is 17.7 Å². The smallest absolute Gasteiger partial charge is 0.340 e. The second-order valence-electron chi connectivity index (χ2n) is 6.64. The number of aryl methyl sites for hydroxylation is 1. The van der Waals surface area contributed by atoms with Gasteiger partial charge >= 0.3 is 7.40 Å². The molecule has 0 saturated heterocycles. The minimum absolute atomic E-state index is 0.0196. The summed E-state index contributed by atoms with van der Waals surface area (Å²) < 4.78 is 28.2. The number of aromatic nitrogens is 1. The van der Waals surface area contributed by atoms with Crippen LogP contribution in [0.15, 0.2) is 89.6 Å². The molecule has 0 amide bonds. The van der Waals surface area contributed by atoms with Crippen LogP contribution in [-0.2, 0) is 0 Å². The first-order chi connectivity index (χ1) is 14.0. The third-order valence-electron chi connectivity index (χ3n) is 4.60. The van der Waals surface area contributed by atoms with Gasteiger partial charge in [-0.25, -0.2) is 4.99 Å². The van der Waals surface area contributed by atoms with Crippen LogP contribution >= 0.6 is 11.6 Å². The number of rotatable bonds is 4. The lowest BCUT2D eigenvalue weighted by atomic mass is 9.98. The minimum atomic E-state index is -2.76. The molecule has 0 fully saturated rings. The molecule has 7 heteroatoms. The number of amidine groups is 1. The summed E-state index contributed by atoms with van der Waals surface area (Å²) in [6, 6.07) is 20.4. The molecular weight excluding hydrogens is 391 g/mol. The number of benzene rings is 2. The molecule has 0 atom stereocenters. The summed E-state index contributed by atoms with van der Waals surface area (Å²) in [4.78, 5) is 4.64. The molecule has 3 nitrogen and oxygen atoms in total. The van der Waals surface area contributed by atoms with Crippen LogP contribution in [0.4, 0.5) is 14.3 Å². The molecule has 0 spiro atoms. The highest BCUT2D eigenvalue weighted by Crippen LogP contribution is 2.33. The number of allylic oxidation sites excluding steroid dienone is 1. The van der Waals surface area contributed by atoms with Crippen molar-refractivity contribution in [2.24, 2.45) is 4.99 Å².